The van der Waals surface area contributed by atoms with Gasteiger partial charge in [-0.15, -0.1) is 0 Å². The smallest absolute Gasteiger partial charge is 0.216 e. The van der Waals surface area contributed by atoms with Gasteiger partial charge in [-0.3, -0.25) is 4.79 Å². The molecule has 1 rings (SSSR count). The summed E-state index contributed by atoms with van der Waals surface area (Å²) in [4.78, 5) is 9.93. The first-order valence-corrected chi connectivity index (χ1v) is 5.01. The van der Waals surface area contributed by atoms with Crippen molar-refractivity contribution in [3.05, 3.63) is 36.4 Å². The van der Waals surface area contributed by atoms with Crippen LogP contribution in [0.5, 0.6) is 0 Å². The summed E-state index contributed by atoms with van der Waals surface area (Å²) in [6.07, 6.45) is 0. The number of benzene rings is 1. The van der Waals surface area contributed by atoms with Gasteiger partial charge in [0.2, 0.25) is 5.91 Å². The zero-order chi connectivity index (χ0) is 11.2. The Labute approximate surface area is 87.3 Å². The lowest BCUT2D eigenvalue weighted by molar-refractivity contribution is -0.118. The van der Waals surface area contributed by atoms with Crippen molar-refractivity contribution in [1.29, 1.82) is 0 Å². The van der Waals surface area contributed by atoms with Gasteiger partial charge in [0.15, 0.2) is 0 Å². The molecule has 1 N–H and O–H groups in total. The van der Waals surface area contributed by atoms with Gasteiger partial charge in [0.25, 0.3) is 0 Å². The number of hydrogen-bond acceptors (Lipinski definition) is 1. The summed E-state index contributed by atoms with van der Waals surface area (Å²) >= 11 is 0. The Morgan fingerprint density at radius 3 is 1.36 bits per heavy atom. The van der Waals surface area contributed by atoms with Gasteiger partial charge in [0.1, 0.15) is 0 Å². The van der Waals surface area contributed by atoms with E-state index in [0.29, 0.717) is 0 Å². The highest BCUT2D eigenvalue weighted by Gasteiger charge is 1.78. The molecule has 0 aliphatic rings. The predicted octanol–water partition coefficient (Wildman–Crippen LogP) is 2.86. The van der Waals surface area contributed by atoms with Crippen LogP contribution in [-0.4, -0.2) is 12.5 Å². The van der Waals surface area contributed by atoms with E-state index < -0.39 is 0 Å². The summed E-state index contributed by atoms with van der Waals surface area (Å²) in [6, 6.07) is 12.0. The normalized spacial score (nSPS) is 7.14. The van der Waals surface area contributed by atoms with Crippen LogP contribution in [0.4, 0.5) is 0 Å². The largest absolute Gasteiger partial charge is 0.357 e. The summed E-state index contributed by atoms with van der Waals surface area (Å²) in [5.41, 5.74) is 0. The van der Waals surface area contributed by atoms with Crippen molar-refractivity contribution in [2.45, 2.75) is 27.7 Å². The molecule has 0 atom stereocenters. The lowest BCUT2D eigenvalue weighted by Crippen LogP contribution is -2.18. The molecule has 0 unspecified atom stereocenters. The third-order valence-electron chi connectivity index (χ3n) is 1.09. The second-order valence-electron chi connectivity index (χ2n) is 2.24. The Kier molecular flexibility index (Phi) is 15.4. The van der Waals surface area contributed by atoms with Crippen LogP contribution in [0, 0.1) is 0 Å². The molecule has 0 saturated carbocycles. The first kappa shape index (κ1) is 15.2. The van der Waals surface area contributed by atoms with Gasteiger partial charge in [-0.1, -0.05) is 50.2 Å². The maximum Gasteiger partial charge on any atom is 0.216 e. The van der Waals surface area contributed by atoms with Crippen molar-refractivity contribution in [2.75, 3.05) is 6.54 Å². The molecule has 1 aromatic rings. The molecule has 2 nitrogen and oxygen atoms in total. The van der Waals surface area contributed by atoms with Crippen LogP contribution < -0.4 is 5.32 Å². The number of hydrogen-bond donors (Lipinski definition) is 1. The van der Waals surface area contributed by atoms with E-state index in [1.807, 2.05) is 57.2 Å². The minimum atomic E-state index is 0.0394. The van der Waals surface area contributed by atoms with Crippen LogP contribution in [0.2, 0.25) is 0 Å². The molecule has 0 saturated heterocycles. The Bertz CT molecular complexity index is 170. The Morgan fingerprint density at radius 1 is 1.00 bits per heavy atom. The zero-order valence-corrected chi connectivity index (χ0v) is 9.58. The van der Waals surface area contributed by atoms with Crippen LogP contribution in [0.15, 0.2) is 36.4 Å². The molecule has 80 valence electrons. The minimum absolute atomic E-state index is 0.0394. The van der Waals surface area contributed by atoms with Crippen molar-refractivity contribution in [2.24, 2.45) is 0 Å². The number of carbonyl (C=O) groups is 1. The lowest BCUT2D eigenvalue weighted by atomic mass is 10.4. The average Bonchev–Trinajstić information content (AvgIpc) is 2.24. The number of nitrogens with one attached hydrogen (secondary N) is 1. The predicted molar refractivity (Wildman–Crippen MR) is 62.1 cm³/mol. The van der Waals surface area contributed by atoms with Gasteiger partial charge in [-0.2, -0.15) is 0 Å². The summed E-state index contributed by atoms with van der Waals surface area (Å²) in [6.45, 7) is 8.13. The fourth-order valence-corrected chi connectivity index (χ4v) is 0.634. The maximum absolute atomic E-state index is 9.93. The first-order valence-electron chi connectivity index (χ1n) is 5.01. The molecule has 1 aromatic carbocycles. The van der Waals surface area contributed by atoms with Gasteiger partial charge >= 0.3 is 0 Å². The Morgan fingerprint density at radius 2 is 1.29 bits per heavy atom. The Hall–Kier alpha value is -1.31. The fourth-order valence-electron chi connectivity index (χ4n) is 0.634. The number of rotatable bonds is 1. The van der Waals surface area contributed by atoms with Crippen LogP contribution in [0.1, 0.15) is 27.7 Å². The van der Waals surface area contributed by atoms with Crippen LogP contribution in [0.25, 0.3) is 0 Å². The monoisotopic (exact) mass is 195 g/mol. The number of amides is 1. The molecule has 0 heterocycles. The quantitative estimate of drug-likeness (QED) is 0.733. The van der Waals surface area contributed by atoms with Crippen molar-refractivity contribution < 1.29 is 4.79 Å². The van der Waals surface area contributed by atoms with E-state index >= 15 is 0 Å². The van der Waals surface area contributed by atoms with E-state index in [0.717, 1.165) is 6.54 Å². The molecule has 2 heteroatoms. The van der Waals surface area contributed by atoms with E-state index in [4.69, 9.17) is 0 Å². The highest BCUT2D eigenvalue weighted by atomic mass is 16.1. The molecule has 1 amide bonds. The molecule has 0 radical (unpaired) electrons. The van der Waals surface area contributed by atoms with E-state index in [1.54, 1.807) is 0 Å². The molecule has 0 fully saturated rings. The first-order chi connectivity index (χ1) is 6.77. The van der Waals surface area contributed by atoms with Crippen molar-refractivity contribution in [3.63, 3.8) is 0 Å². The highest BCUT2D eigenvalue weighted by molar-refractivity contribution is 5.72. The van der Waals surface area contributed by atoms with Gasteiger partial charge in [-0.25, -0.2) is 0 Å². The van der Waals surface area contributed by atoms with E-state index in [1.165, 1.54) is 6.92 Å². The molecule has 0 aliphatic heterocycles. The van der Waals surface area contributed by atoms with E-state index in [2.05, 4.69) is 5.32 Å². The maximum atomic E-state index is 9.93. The third-order valence-corrected chi connectivity index (χ3v) is 1.09. The topological polar surface area (TPSA) is 29.1 Å². The molecule has 0 bridgehead atoms. The summed E-state index contributed by atoms with van der Waals surface area (Å²) < 4.78 is 0. The highest BCUT2D eigenvalue weighted by Crippen LogP contribution is 1.79. The number of carbonyl (C=O) groups excluding carboxylic acids is 1. The summed E-state index contributed by atoms with van der Waals surface area (Å²) in [5, 5.41) is 2.57. The molecule has 0 aliphatic carbocycles. The SMILES string of the molecule is CC.CCNC(C)=O.c1ccccc1. The standard InChI is InChI=1S/C6H6.C4H9NO.C2H6/c1-2-4-6-5-3-1;1-3-5-4(2)6;1-2/h1-6H;3H2,1-2H3,(H,5,6);1-2H3. The van der Waals surface area contributed by atoms with Crippen molar-refractivity contribution in [1.82, 2.24) is 5.32 Å². The minimum Gasteiger partial charge on any atom is -0.357 e. The van der Waals surface area contributed by atoms with Crippen LogP contribution >= 0.6 is 0 Å². The molecule has 14 heavy (non-hydrogen) atoms. The summed E-state index contributed by atoms with van der Waals surface area (Å²) in [7, 11) is 0. The van der Waals surface area contributed by atoms with Gasteiger partial charge in [-0.05, 0) is 6.92 Å². The molecule has 0 spiro atoms. The molecular formula is C12H21NO. The van der Waals surface area contributed by atoms with Gasteiger partial charge < -0.3 is 5.32 Å². The van der Waals surface area contributed by atoms with E-state index in [9.17, 15) is 4.79 Å². The fraction of sp³-hybridized carbons (Fsp3) is 0.417. The van der Waals surface area contributed by atoms with Crippen LogP contribution in [0.3, 0.4) is 0 Å². The average molecular weight is 195 g/mol. The molecular weight excluding hydrogens is 174 g/mol. The van der Waals surface area contributed by atoms with Gasteiger partial charge in [0.05, 0.1) is 0 Å². The summed E-state index contributed by atoms with van der Waals surface area (Å²) in [5.74, 6) is 0.0394. The lowest BCUT2D eigenvalue weighted by Gasteiger charge is -1.88. The second kappa shape index (κ2) is 14.2. The van der Waals surface area contributed by atoms with Crippen molar-refractivity contribution >= 4 is 5.91 Å². The zero-order valence-electron chi connectivity index (χ0n) is 9.58. The van der Waals surface area contributed by atoms with Crippen LogP contribution in [-0.2, 0) is 4.79 Å². The molecule has 0 aromatic heterocycles. The third kappa shape index (κ3) is 17.0. The second-order valence-corrected chi connectivity index (χ2v) is 2.24. The van der Waals surface area contributed by atoms with Crippen molar-refractivity contribution in [3.8, 4) is 0 Å². The Balaban J connectivity index is 0. The van der Waals surface area contributed by atoms with E-state index in [-0.39, 0.29) is 5.91 Å². The van der Waals surface area contributed by atoms with Gasteiger partial charge in [0, 0.05) is 13.5 Å².